The van der Waals surface area contributed by atoms with Crippen LogP contribution in [0.2, 0.25) is 0 Å². The highest BCUT2D eigenvalue weighted by Gasteiger charge is 2.48. The zero-order valence-electron chi connectivity index (χ0n) is 17.7. The molecule has 1 rings (SSSR count). The predicted molar refractivity (Wildman–Crippen MR) is 96.4 cm³/mol. The van der Waals surface area contributed by atoms with Crippen molar-refractivity contribution in [3.8, 4) is 0 Å². The van der Waals surface area contributed by atoms with Crippen molar-refractivity contribution >= 4 is 16.2 Å². The number of alkyl halides is 7. The molecule has 1 fully saturated rings. The fourth-order valence-corrected chi connectivity index (χ4v) is 2.55. The Bertz CT molecular complexity index is 674. The monoisotopic (exact) mass is 492 g/mol. The lowest BCUT2D eigenvalue weighted by Crippen LogP contribution is -2.52. The molecule has 0 spiro atoms. The Morgan fingerprint density at radius 1 is 0.839 bits per heavy atom. The summed E-state index contributed by atoms with van der Waals surface area (Å²) in [6, 6.07) is 0. The minimum absolute atomic E-state index is 0.235. The number of rotatable bonds is 5. The third-order valence-electron chi connectivity index (χ3n) is 3.28. The first-order chi connectivity index (χ1) is 13.5. The molecule has 0 aromatic carbocycles. The van der Waals surface area contributed by atoms with Gasteiger partial charge >= 0.3 is 21.7 Å². The number of halogens is 7. The van der Waals surface area contributed by atoms with E-state index in [1.165, 1.54) is 0 Å². The van der Waals surface area contributed by atoms with E-state index in [2.05, 4.69) is 4.18 Å². The van der Waals surface area contributed by atoms with Crippen LogP contribution in [0.5, 0.6) is 0 Å². The first kappa shape index (κ1) is 29.7. The van der Waals surface area contributed by atoms with Crippen LogP contribution in [-0.2, 0) is 19.0 Å². The van der Waals surface area contributed by atoms with Gasteiger partial charge in [-0.1, -0.05) is 0 Å². The van der Waals surface area contributed by atoms with Crippen LogP contribution in [0.4, 0.5) is 35.5 Å². The van der Waals surface area contributed by atoms with Gasteiger partial charge in [-0.3, -0.25) is 9.08 Å². The van der Waals surface area contributed by atoms with Gasteiger partial charge in [-0.25, -0.2) is 22.4 Å². The topological polar surface area (TPSA) is 76.2 Å². The molecule has 7 nitrogen and oxygen atoms in total. The lowest BCUT2D eigenvalue weighted by molar-refractivity contribution is -0.0669. The lowest BCUT2D eigenvalue weighted by atomic mass is 10.2. The van der Waals surface area contributed by atoms with Crippen LogP contribution < -0.4 is 0 Å². The molecule has 1 saturated heterocycles. The second-order valence-corrected chi connectivity index (χ2v) is 9.65. The summed E-state index contributed by atoms with van der Waals surface area (Å²) in [5, 5.41) is 0. The number of piperazine rings is 1. The molecule has 0 aliphatic carbocycles. The Kier molecular flexibility index (Phi) is 10.1. The summed E-state index contributed by atoms with van der Waals surface area (Å²) in [4.78, 5) is 15.0. The van der Waals surface area contributed by atoms with Crippen molar-refractivity contribution in [3.63, 3.8) is 0 Å². The standard InChI is InChI=1S/C12H22F2N2O2.C4H5F5O3S/c1-11(2,3)18-10(17)16-7-5-15(6-8-16)9-12(4,13)14;1-3(5,6)2-12-13(10,11)4(7,8)9/h5-9H2,1-4H3;2H2,1H3. The number of carbonyl (C=O) groups excluding carboxylic acids is 1. The Morgan fingerprint density at radius 3 is 1.61 bits per heavy atom. The van der Waals surface area contributed by atoms with E-state index < -0.39 is 39.7 Å². The van der Waals surface area contributed by atoms with E-state index in [1.54, 1.807) is 30.6 Å². The maximum atomic E-state index is 12.8. The molecule has 0 saturated carbocycles. The van der Waals surface area contributed by atoms with E-state index in [-0.39, 0.29) is 19.6 Å². The van der Waals surface area contributed by atoms with Crippen molar-refractivity contribution in [3.05, 3.63) is 0 Å². The van der Waals surface area contributed by atoms with Crippen LogP contribution in [0.1, 0.15) is 34.6 Å². The number of amides is 1. The number of carbonyl (C=O) groups is 1. The molecule has 0 unspecified atom stereocenters. The zero-order chi connectivity index (χ0) is 24.9. The van der Waals surface area contributed by atoms with Crippen molar-refractivity contribution in [2.75, 3.05) is 39.3 Å². The third-order valence-corrected chi connectivity index (χ3v) is 4.27. The third kappa shape index (κ3) is 13.6. The summed E-state index contributed by atoms with van der Waals surface area (Å²) >= 11 is 0. The summed E-state index contributed by atoms with van der Waals surface area (Å²) in [5.74, 6) is -6.31. The van der Waals surface area contributed by atoms with Gasteiger partial charge in [0.1, 0.15) is 12.2 Å². The average molecular weight is 492 g/mol. The van der Waals surface area contributed by atoms with Gasteiger partial charge < -0.3 is 9.64 Å². The highest BCUT2D eigenvalue weighted by Crippen LogP contribution is 2.26. The highest BCUT2D eigenvalue weighted by molar-refractivity contribution is 7.87. The maximum Gasteiger partial charge on any atom is 0.523 e. The smallest absolute Gasteiger partial charge is 0.444 e. The molecule has 1 aliphatic heterocycles. The molecule has 0 N–H and O–H groups in total. The molecule has 0 atom stereocenters. The molecule has 31 heavy (non-hydrogen) atoms. The van der Waals surface area contributed by atoms with Crippen LogP contribution in [0.3, 0.4) is 0 Å². The Balaban J connectivity index is 0.000000615. The molecule has 186 valence electrons. The summed E-state index contributed by atoms with van der Waals surface area (Å²) < 4.78 is 112. The molecule has 1 amide bonds. The van der Waals surface area contributed by atoms with E-state index in [1.807, 2.05) is 0 Å². The van der Waals surface area contributed by atoms with Crippen molar-refractivity contribution in [2.24, 2.45) is 0 Å². The molecule has 0 aromatic rings. The Labute approximate surface area is 176 Å². The number of hydrogen-bond acceptors (Lipinski definition) is 6. The van der Waals surface area contributed by atoms with Gasteiger partial charge in [0.05, 0.1) is 6.54 Å². The van der Waals surface area contributed by atoms with Crippen molar-refractivity contribution in [2.45, 2.75) is 57.6 Å². The minimum Gasteiger partial charge on any atom is -0.444 e. The molecule has 0 bridgehead atoms. The summed E-state index contributed by atoms with van der Waals surface area (Å²) in [6.45, 7) is 6.27. The van der Waals surface area contributed by atoms with Crippen LogP contribution in [-0.4, -0.2) is 86.6 Å². The normalized spacial score (nSPS) is 17.1. The van der Waals surface area contributed by atoms with Crippen LogP contribution in [0.25, 0.3) is 0 Å². The number of ether oxygens (including phenoxy) is 1. The van der Waals surface area contributed by atoms with E-state index in [0.717, 1.165) is 6.92 Å². The van der Waals surface area contributed by atoms with Crippen LogP contribution in [0, 0.1) is 0 Å². The van der Waals surface area contributed by atoms with Crippen molar-refractivity contribution in [1.29, 1.82) is 0 Å². The quantitative estimate of drug-likeness (QED) is 0.331. The molecule has 0 aromatic heterocycles. The van der Waals surface area contributed by atoms with Gasteiger partial charge in [0.2, 0.25) is 0 Å². The largest absolute Gasteiger partial charge is 0.523 e. The molecule has 15 heteroatoms. The van der Waals surface area contributed by atoms with Crippen LogP contribution in [0.15, 0.2) is 0 Å². The summed E-state index contributed by atoms with van der Waals surface area (Å²) in [7, 11) is -5.91. The first-order valence-corrected chi connectivity index (χ1v) is 10.3. The SMILES string of the molecule is CC(F)(F)CN1CCN(C(=O)OC(C)(C)C)CC1.CC(F)(F)COS(=O)(=O)C(F)(F)F. The second-order valence-electron chi connectivity index (χ2n) is 8.05. The molecular formula is C16H27F7N2O5S. The van der Waals surface area contributed by atoms with Crippen molar-refractivity contribution in [1.82, 2.24) is 9.80 Å². The van der Waals surface area contributed by atoms with Gasteiger partial charge in [-0.2, -0.15) is 21.6 Å². The summed E-state index contributed by atoms with van der Waals surface area (Å²) in [6.07, 6.45) is -0.370. The molecule has 1 heterocycles. The minimum atomic E-state index is -5.91. The van der Waals surface area contributed by atoms with Gasteiger partial charge in [0.15, 0.2) is 0 Å². The predicted octanol–water partition coefficient (Wildman–Crippen LogP) is 3.70. The van der Waals surface area contributed by atoms with E-state index >= 15 is 0 Å². The number of nitrogens with zero attached hydrogens (tertiary/aromatic N) is 2. The molecular weight excluding hydrogens is 465 g/mol. The first-order valence-electron chi connectivity index (χ1n) is 8.94. The van der Waals surface area contributed by atoms with Gasteiger partial charge in [0.25, 0.3) is 11.8 Å². The van der Waals surface area contributed by atoms with E-state index in [4.69, 9.17) is 4.74 Å². The maximum absolute atomic E-state index is 12.8. The lowest BCUT2D eigenvalue weighted by Gasteiger charge is -2.36. The van der Waals surface area contributed by atoms with Gasteiger partial charge in [0, 0.05) is 40.0 Å². The highest BCUT2D eigenvalue weighted by atomic mass is 32.2. The van der Waals surface area contributed by atoms with Gasteiger partial charge in [-0.15, -0.1) is 0 Å². The van der Waals surface area contributed by atoms with Gasteiger partial charge in [-0.05, 0) is 20.8 Å². The fraction of sp³-hybridized carbons (Fsp3) is 0.938. The molecule has 1 aliphatic rings. The Hall–Kier alpha value is -1.35. The molecule has 0 radical (unpaired) electrons. The zero-order valence-corrected chi connectivity index (χ0v) is 18.5. The fourth-order valence-electron chi connectivity index (χ4n) is 2.06. The van der Waals surface area contributed by atoms with Crippen LogP contribution >= 0.6 is 0 Å². The second kappa shape index (κ2) is 10.5. The van der Waals surface area contributed by atoms with Crippen molar-refractivity contribution < 1.29 is 52.9 Å². The number of hydrogen-bond donors (Lipinski definition) is 0. The van der Waals surface area contributed by atoms with E-state index in [9.17, 15) is 43.9 Å². The Morgan fingerprint density at radius 2 is 1.29 bits per heavy atom. The summed E-state index contributed by atoms with van der Waals surface area (Å²) in [5.41, 5.74) is -6.19. The van der Waals surface area contributed by atoms with E-state index in [0.29, 0.717) is 26.2 Å². The average Bonchev–Trinajstić information content (AvgIpc) is 2.49.